The Morgan fingerprint density at radius 2 is 2.00 bits per heavy atom. The van der Waals surface area contributed by atoms with Gasteiger partial charge in [0.05, 0.1) is 0 Å². The van der Waals surface area contributed by atoms with E-state index in [0.29, 0.717) is 25.1 Å². The molecule has 2 aliphatic heterocycles. The second-order valence-corrected chi connectivity index (χ2v) is 6.88. The number of hydrogen-bond acceptors (Lipinski definition) is 4. The highest BCUT2D eigenvalue weighted by Crippen LogP contribution is 2.30. The Bertz CT molecular complexity index is 785. The summed E-state index contributed by atoms with van der Waals surface area (Å²) < 4.78 is 0. The maximum atomic E-state index is 12.6. The third kappa shape index (κ3) is 3.01. The van der Waals surface area contributed by atoms with Crippen LogP contribution in [-0.4, -0.2) is 34.6 Å². The molecule has 25 heavy (non-hydrogen) atoms. The van der Waals surface area contributed by atoms with Crippen molar-refractivity contribution in [3.05, 3.63) is 34.9 Å². The van der Waals surface area contributed by atoms with Gasteiger partial charge in [-0.15, -0.1) is 0 Å². The normalized spacial score (nSPS) is 22.6. The van der Waals surface area contributed by atoms with Gasteiger partial charge in [-0.05, 0) is 36.5 Å². The summed E-state index contributed by atoms with van der Waals surface area (Å²) in [6, 6.07) is 4.89. The first-order valence-electron chi connectivity index (χ1n) is 8.57. The van der Waals surface area contributed by atoms with Gasteiger partial charge in [-0.1, -0.05) is 12.1 Å². The summed E-state index contributed by atoms with van der Waals surface area (Å²) in [5, 5.41) is 5.21. The van der Waals surface area contributed by atoms with Gasteiger partial charge in [0.1, 0.15) is 6.04 Å². The molecule has 1 unspecified atom stereocenters. The van der Waals surface area contributed by atoms with Gasteiger partial charge in [-0.3, -0.25) is 24.5 Å². The molecule has 4 amide bonds. The molecular formula is C18H19N3O4. The number of piperidine rings is 1. The van der Waals surface area contributed by atoms with Gasteiger partial charge < -0.3 is 10.2 Å². The average molecular weight is 341 g/mol. The zero-order valence-electron chi connectivity index (χ0n) is 13.7. The second kappa shape index (κ2) is 5.98. The molecule has 0 spiro atoms. The molecule has 1 atom stereocenters. The molecule has 0 radical (unpaired) electrons. The minimum absolute atomic E-state index is 0.0849. The number of fused-ring (bicyclic) bond motifs is 1. The predicted molar refractivity (Wildman–Crippen MR) is 87.1 cm³/mol. The molecule has 2 heterocycles. The fraction of sp³-hybridized carbons (Fsp3) is 0.444. The zero-order chi connectivity index (χ0) is 17.6. The zero-order valence-corrected chi connectivity index (χ0v) is 13.7. The van der Waals surface area contributed by atoms with Gasteiger partial charge in [0, 0.05) is 31.0 Å². The van der Waals surface area contributed by atoms with Crippen LogP contribution in [0.3, 0.4) is 0 Å². The molecule has 1 saturated carbocycles. The van der Waals surface area contributed by atoms with Crippen LogP contribution in [0.25, 0.3) is 0 Å². The molecule has 1 aromatic carbocycles. The van der Waals surface area contributed by atoms with Crippen molar-refractivity contribution < 1.29 is 19.2 Å². The smallest absolute Gasteiger partial charge is 0.255 e. The lowest BCUT2D eigenvalue weighted by atomic mass is 10.0. The molecule has 2 N–H and O–H groups in total. The van der Waals surface area contributed by atoms with Crippen LogP contribution in [0.4, 0.5) is 0 Å². The summed E-state index contributed by atoms with van der Waals surface area (Å²) in [5.41, 5.74) is 2.38. The van der Waals surface area contributed by atoms with E-state index in [0.717, 1.165) is 24.0 Å². The Balaban J connectivity index is 1.46. The van der Waals surface area contributed by atoms with Crippen molar-refractivity contribution in [2.24, 2.45) is 5.92 Å². The Hall–Kier alpha value is -2.70. The maximum Gasteiger partial charge on any atom is 0.255 e. The van der Waals surface area contributed by atoms with E-state index >= 15 is 0 Å². The molecule has 0 bridgehead atoms. The van der Waals surface area contributed by atoms with Gasteiger partial charge in [-0.2, -0.15) is 0 Å². The van der Waals surface area contributed by atoms with Crippen LogP contribution >= 0.6 is 0 Å². The van der Waals surface area contributed by atoms with Crippen molar-refractivity contribution in [3.8, 4) is 0 Å². The first-order valence-corrected chi connectivity index (χ1v) is 8.57. The van der Waals surface area contributed by atoms with E-state index in [1.807, 2.05) is 12.1 Å². The number of rotatable bonds is 4. The fourth-order valence-electron chi connectivity index (χ4n) is 3.42. The van der Waals surface area contributed by atoms with Crippen LogP contribution in [0.5, 0.6) is 0 Å². The second-order valence-electron chi connectivity index (χ2n) is 6.88. The van der Waals surface area contributed by atoms with Crippen molar-refractivity contribution in [1.82, 2.24) is 15.5 Å². The monoisotopic (exact) mass is 341 g/mol. The van der Waals surface area contributed by atoms with E-state index in [1.54, 1.807) is 6.07 Å². The predicted octanol–water partition coefficient (Wildman–Crippen LogP) is 0.474. The molecule has 4 rings (SSSR count). The van der Waals surface area contributed by atoms with Crippen molar-refractivity contribution in [1.29, 1.82) is 0 Å². The summed E-state index contributed by atoms with van der Waals surface area (Å²) >= 11 is 0. The van der Waals surface area contributed by atoms with Crippen LogP contribution in [-0.2, 0) is 27.5 Å². The van der Waals surface area contributed by atoms with Crippen molar-refractivity contribution in [2.45, 2.75) is 44.8 Å². The number of carbonyl (C=O) groups excluding carboxylic acids is 4. The Kier molecular flexibility index (Phi) is 3.78. The molecule has 1 aliphatic carbocycles. The first-order chi connectivity index (χ1) is 12.0. The molecule has 7 nitrogen and oxygen atoms in total. The van der Waals surface area contributed by atoms with E-state index in [2.05, 4.69) is 10.6 Å². The maximum absolute atomic E-state index is 12.6. The van der Waals surface area contributed by atoms with E-state index in [-0.39, 0.29) is 30.1 Å². The van der Waals surface area contributed by atoms with Crippen LogP contribution in [0.2, 0.25) is 0 Å². The van der Waals surface area contributed by atoms with E-state index in [9.17, 15) is 19.2 Å². The summed E-state index contributed by atoms with van der Waals surface area (Å²) in [7, 11) is 0. The highest BCUT2D eigenvalue weighted by Gasteiger charge is 2.39. The molecule has 2 fully saturated rings. The molecular weight excluding hydrogens is 322 g/mol. The highest BCUT2D eigenvalue weighted by molar-refractivity contribution is 6.05. The molecule has 1 saturated heterocycles. The Morgan fingerprint density at radius 3 is 2.72 bits per heavy atom. The standard InChI is InChI=1S/C18H19N3O4/c22-15-6-5-14(17(24)20-15)21-9-12-7-10(1-4-13(12)18(21)25)8-19-16(23)11-2-3-11/h1,4,7,11,14H,2-3,5-6,8-9H2,(H,19,23)(H,20,22,24). The minimum Gasteiger partial charge on any atom is -0.352 e. The van der Waals surface area contributed by atoms with Crippen molar-refractivity contribution in [3.63, 3.8) is 0 Å². The molecule has 7 heteroatoms. The summed E-state index contributed by atoms with van der Waals surface area (Å²) in [6.45, 7) is 0.792. The molecule has 0 aromatic heterocycles. The summed E-state index contributed by atoms with van der Waals surface area (Å²) in [6.07, 6.45) is 2.53. The average Bonchev–Trinajstić information content (AvgIpc) is 3.38. The van der Waals surface area contributed by atoms with Crippen LogP contribution in [0.15, 0.2) is 18.2 Å². The Labute approximate surface area is 144 Å². The lowest BCUT2D eigenvalue weighted by Crippen LogP contribution is -2.52. The number of nitrogens with zero attached hydrogens (tertiary/aromatic N) is 1. The molecule has 130 valence electrons. The molecule has 3 aliphatic rings. The number of hydrogen-bond donors (Lipinski definition) is 2. The number of imide groups is 1. The largest absolute Gasteiger partial charge is 0.352 e. The van der Waals surface area contributed by atoms with E-state index in [1.165, 1.54) is 4.90 Å². The molecule has 1 aromatic rings. The van der Waals surface area contributed by atoms with Gasteiger partial charge in [0.15, 0.2) is 0 Å². The van der Waals surface area contributed by atoms with Crippen LogP contribution in [0, 0.1) is 5.92 Å². The lowest BCUT2D eigenvalue weighted by molar-refractivity contribution is -0.137. The van der Waals surface area contributed by atoms with Gasteiger partial charge in [0.2, 0.25) is 17.7 Å². The van der Waals surface area contributed by atoms with E-state index in [4.69, 9.17) is 0 Å². The third-order valence-corrected chi connectivity index (χ3v) is 5.00. The summed E-state index contributed by atoms with van der Waals surface area (Å²) in [5.74, 6) is -0.632. The lowest BCUT2D eigenvalue weighted by Gasteiger charge is -2.29. The van der Waals surface area contributed by atoms with E-state index < -0.39 is 11.9 Å². The highest BCUT2D eigenvalue weighted by atomic mass is 16.2. The number of carbonyl (C=O) groups is 4. The van der Waals surface area contributed by atoms with Gasteiger partial charge in [0.25, 0.3) is 5.91 Å². The number of nitrogens with one attached hydrogen (secondary N) is 2. The first kappa shape index (κ1) is 15.8. The quantitative estimate of drug-likeness (QED) is 0.779. The summed E-state index contributed by atoms with van der Waals surface area (Å²) in [4.78, 5) is 49.2. The fourth-order valence-corrected chi connectivity index (χ4v) is 3.42. The van der Waals surface area contributed by atoms with Crippen LogP contribution in [0.1, 0.15) is 47.2 Å². The number of amides is 4. The Morgan fingerprint density at radius 1 is 1.20 bits per heavy atom. The SMILES string of the molecule is O=C1CCC(N2Cc3cc(CNC(=O)C4CC4)ccc3C2=O)C(=O)N1. The topological polar surface area (TPSA) is 95.6 Å². The van der Waals surface area contributed by atoms with Crippen LogP contribution < -0.4 is 10.6 Å². The van der Waals surface area contributed by atoms with Crippen molar-refractivity contribution in [2.75, 3.05) is 0 Å². The van der Waals surface area contributed by atoms with Gasteiger partial charge >= 0.3 is 0 Å². The van der Waals surface area contributed by atoms with Crippen molar-refractivity contribution >= 4 is 23.6 Å². The minimum atomic E-state index is -0.601. The number of benzene rings is 1. The van der Waals surface area contributed by atoms with Gasteiger partial charge in [-0.25, -0.2) is 0 Å². The third-order valence-electron chi connectivity index (χ3n) is 5.00.